The van der Waals surface area contributed by atoms with Crippen LogP contribution in [0.15, 0.2) is 206 Å². The maximum Gasteiger partial charge on any atom is 0.0627 e. The number of fused-ring (bicyclic) bond motifs is 10. The molecular weight excluding hydrogens is 653 g/mol. The molecule has 9 aromatic carbocycles. The molecule has 0 N–H and O–H groups in total. The summed E-state index contributed by atoms with van der Waals surface area (Å²) in [6.07, 6.45) is 0. The van der Waals surface area contributed by atoms with E-state index in [4.69, 9.17) is 0 Å². The Morgan fingerprint density at radius 2 is 0.574 bits per heavy atom. The fraction of sp³-hybridized carbons (Fsp3) is 0. The number of para-hydroxylation sites is 3. The minimum atomic E-state index is 1.14. The summed E-state index contributed by atoms with van der Waals surface area (Å²) in [6.45, 7) is 0. The molecule has 0 unspecified atom stereocenters. The second-order valence-corrected chi connectivity index (χ2v) is 14.1. The summed E-state index contributed by atoms with van der Waals surface area (Å²) in [5.41, 5.74) is 14.4. The highest BCUT2D eigenvalue weighted by molar-refractivity contribution is 6.37. The first-order valence-electron chi connectivity index (χ1n) is 18.6. The fourth-order valence-electron chi connectivity index (χ4n) is 8.70. The van der Waals surface area contributed by atoms with Gasteiger partial charge in [0.2, 0.25) is 0 Å². The van der Waals surface area contributed by atoms with Crippen LogP contribution < -0.4 is 0 Å². The summed E-state index contributed by atoms with van der Waals surface area (Å²) in [5.74, 6) is 0. The van der Waals surface area contributed by atoms with Gasteiger partial charge in [-0.3, -0.25) is 0 Å². The topological polar surface area (TPSA) is 9.86 Å². The molecule has 11 aromatic rings. The summed E-state index contributed by atoms with van der Waals surface area (Å²) in [7, 11) is 0. The van der Waals surface area contributed by atoms with Gasteiger partial charge in [-0.1, -0.05) is 152 Å². The Hall–Kier alpha value is -7.16. The maximum atomic E-state index is 2.49. The molecule has 0 aliphatic heterocycles. The second-order valence-electron chi connectivity index (χ2n) is 14.1. The van der Waals surface area contributed by atoms with Gasteiger partial charge in [0.15, 0.2) is 0 Å². The third-order valence-electron chi connectivity index (χ3n) is 11.1. The van der Waals surface area contributed by atoms with Gasteiger partial charge in [-0.2, -0.15) is 0 Å². The van der Waals surface area contributed by atoms with Gasteiger partial charge in [0.05, 0.1) is 22.1 Å². The highest BCUT2D eigenvalue weighted by Gasteiger charge is 2.24. The molecule has 0 fully saturated rings. The van der Waals surface area contributed by atoms with E-state index in [-0.39, 0.29) is 0 Å². The van der Waals surface area contributed by atoms with Crippen LogP contribution in [0.3, 0.4) is 0 Å². The summed E-state index contributed by atoms with van der Waals surface area (Å²) in [5, 5.41) is 7.58. The summed E-state index contributed by atoms with van der Waals surface area (Å²) >= 11 is 0. The summed E-state index contributed by atoms with van der Waals surface area (Å²) in [4.78, 5) is 0. The normalized spacial score (nSPS) is 11.7. The molecule has 0 spiro atoms. The van der Waals surface area contributed by atoms with E-state index in [1.165, 1.54) is 93.5 Å². The standard InChI is InChI=1S/C52H34N2/c1-4-16-35(17-5-1)38-32-39(36-18-6-2-7-19-36)34-40(33-38)37-28-30-42(31-29-37)54-48-27-15-13-25-46(48)50-49-45-24-12-14-26-47(45)53(41-20-8-3-9-21-41)51(49)43-22-10-11-23-44(43)52(50)54/h1-34H. The van der Waals surface area contributed by atoms with Gasteiger partial charge < -0.3 is 9.13 Å². The highest BCUT2D eigenvalue weighted by atomic mass is 15.0. The lowest BCUT2D eigenvalue weighted by molar-refractivity contribution is 1.18. The molecule has 0 atom stereocenters. The molecule has 2 heteroatoms. The quantitative estimate of drug-likeness (QED) is 0.171. The van der Waals surface area contributed by atoms with Crippen molar-refractivity contribution < 1.29 is 0 Å². The van der Waals surface area contributed by atoms with Crippen molar-refractivity contribution in [2.75, 3.05) is 0 Å². The van der Waals surface area contributed by atoms with Crippen molar-refractivity contribution in [1.29, 1.82) is 0 Å². The maximum absolute atomic E-state index is 2.49. The molecule has 54 heavy (non-hydrogen) atoms. The number of nitrogens with zero attached hydrogens (tertiary/aromatic N) is 2. The molecule has 0 aliphatic rings. The average molecular weight is 687 g/mol. The van der Waals surface area contributed by atoms with Crippen LogP contribution in [0.2, 0.25) is 0 Å². The van der Waals surface area contributed by atoms with Crippen molar-refractivity contribution in [3.63, 3.8) is 0 Å². The van der Waals surface area contributed by atoms with Crippen LogP contribution in [0.25, 0.3) is 99.1 Å². The number of rotatable bonds is 5. The molecule has 2 nitrogen and oxygen atoms in total. The van der Waals surface area contributed by atoms with E-state index in [1.54, 1.807) is 0 Å². The van der Waals surface area contributed by atoms with Crippen LogP contribution in [-0.4, -0.2) is 9.13 Å². The molecule has 0 radical (unpaired) electrons. The van der Waals surface area contributed by atoms with Gasteiger partial charge in [0.1, 0.15) is 0 Å². The summed E-state index contributed by atoms with van der Waals surface area (Å²) < 4.78 is 4.95. The molecule has 0 aliphatic carbocycles. The Balaban J connectivity index is 1.17. The lowest BCUT2D eigenvalue weighted by Crippen LogP contribution is -1.96. The minimum Gasteiger partial charge on any atom is -0.309 e. The molecule has 0 saturated heterocycles. The monoisotopic (exact) mass is 686 g/mol. The number of hydrogen-bond acceptors (Lipinski definition) is 0. The van der Waals surface area contributed by atoms with Gasteiger partial charge in [-0.05, 0) is 88.0 Å². The zero-order valence-corrected chi connectivity index (χ0v) is 29.5. The van der Waals surface area contributed by atoms with Crippen molar-refractivity contribution >= 4 is 54.4 Å². The van der Waals surface area contributed by atoms with Gasteiger partial charge in [0, 0.05) is 43.7 Å². The van der Waals surface area contributed by atoms with Crippen molar-refractivity contribution in [1.82, 2.24) is 9.13 Å². The van der Waals surface area contributed by atoms with Gasteiger partial charge >= 0.3 is 0 Å². The first-order valence-corrected chi connectivity index (χ1v) is 18.6. The lowest BCUT2D eigenvalue weighted by atomic mass is 9.93. The molecule has 0 bridgehead atoms. The fourth-order valence-corrected chi connectivity index (χ4v) is 8.70. The molecular formula is C52H34N2. The van der Waals surface area contributed by atoms with Crippen LogP contribution in [-0.2, 0) is 0 Å². The van der Waals surface area contributed by atoms with Crippen LogP contribution in [0.1, 0.15) is 0 Å². The molecule has 11 rings (SSSR count). The predicted molar refractivity (Wildman–Crippen MR) is 229 cm³/mol. The number of benzene rings is 9. The van der Waals surface area contributed by atoms with E-state index < -0.39 is 0 Å². The smallest absolute Gasteiger partial charge is 0.0627 e. The van der Waals surface area contributed by atoms with Gasteiger partial charge in [-0.15, -0.1) is 0 Å². The lowest BCUT2D eigenvalue weighted by Gasteiger charge is -2.14. The SMILES string of the molecule is c1ccc(-c2cc(-c3ccccc3)cc(-c3ccc(-n4c5ccccc5c5c6c7ccccc7n(-c7ccccc7)c6c6ccccc6c54)cc3)c2)cc1. The molecule has 0 saturated carbocycles. The van der Waals surface area contributed by atoms with Crippen LogP contribution in [0, 0.1) is 0 Å². The second kappa shape index (κ2) is 12.2. The molecule has 2 aromatic heterocycles. The highest BCUT2D eigenvalue weighted by Crippen LogP contribution is 2.47. The zero-order valence-electron chi connectivity index (χ0n) is 29.5. The largest absolute Gasteiger partial charge is 0.309 e. The first-order chi connectivity index (χ1) is 26.8. The Morgan fingerprint density at radius 3 is 1.02 bits per heavy atom. The zero-order chi connectivity index (χ0) is 35.6. The van der Waals surface area contributed by atoms with Crippen molar-refractivity contribution in [3.8, 4) is 44.8 Å². The third-order valence-corrected chi connectivity index (χ3v) is 11.1. The minimum absolute atomic E-state index is 1.14. The molecule has 2 heterocycles. The van der Waals surface area contributed by atoms with Crippen molar-refractivity contribution in [2.45, 2.75) is 0 Å². The van der Waals surface area contributed by atoms with E-state index in [2.05, 4.69) is 215 Å². The van der Waals surface area contributed by atoms with E-state index >= 15 is 0 Å². The molecule has 0 amide bonds. The van der Waals surface area contributed by atoms with Gasteiger partial charge in [0.25, 0.3) is 0 Å². The Labute approximate surface area is 313 Å². The van der Waals surface area contributed by atoms with E-state index in [0.29, 0.717) is 0 Å². The van der Waals surface area contributed by atoms with Crippen LogP contribution in [0.4, 0.5) is 0 Å². The Bertz CT molecular complexity index is 3110. The van der Waals surface area contributed by atoms with Crippen molar-refractivity contribution in [3.05, 3.63) is 206 Å². The average Bonchev–Trinajstić information content (AvgIpc) is 3.79. The Morgan fingerprint density at radius 1 is 0.241 bits per heavy atom. The third kappa shape index (κ3) is 4.67. The van der Waals surface area contributed by atoms with Gasteiger partial charge in [-0.25, -0.2) is 0 Å². The van der Waals surface area contributed by atoms with Crippen LogP contribution >= 0.6 is 0 Å². The van der Waals surface area contributed by atoms with Crippen LogP contribution in [0.5, 0.6) is 0 Å². The predicted octanol–water partition coefficient (Wildman–Crippen LogP) is 14.0. The Kier molecular flexibility index (Phi) is 6.90. The summed E-state index contributed by atoms with van der Waals surface area (Å²) in [6, 6.07) is 75.0. The first kappa shape index (κ1) is 30.5. The number of hydrogen-bond donors (Lipinski definition) is 0. The van der Waals surface area contributed by atoms with E-state index in [1.807, 2.05) is 0 Å². The molecule has 252 valence electrons. The van der Waals surface area contributed by atoms with Crippen molar-refractivity contribution in [2.24, 2.45) is 0 Å². The number of aromatic nitrogens is 2. The van der Waals surface area contributed by atoms with E-state index in [9.17, 15) is 0 Å². The van der Waals surface area contributed by atoms with E-state index in [0.717, 1.165) is 5.69 Å².